The molecule has 0 saturated carbocycles. The highest BCUT2D eigenvalue weighted by atomic mass is 79.9. The molecule has 0 bridgehead atoms. The molecule has 0 N–H and O–H groups in total. The Morgan fingerprint density at radius 3 is 2.50 bits per heavy atom. The van der Waals surface area contributed by atoms with Crippen molar-refractivity contribution in [1.82, 2.24) is 4.90 Å². The molecule has 2 aromatic rings. The minimum Gasteiger partial charge on any atom is -0.493 e. The van der Waals surface area contributed by atoms with E-state index in [-0.39, 0.29) is 11.8 Å². The smallest absolute Gasteiger partial charge is 0.187 e. The fourth-order valence-corrected chi connectivity index (χ4v) is 5.06. The van der Waals surface area contributed by atoms with E-state index in [1.165, 1.54) is 0 Å². The van der Waals surface area contributed by atoms with E-state index in [0.29, 0.717) is 23.5 Å². The number of allylic oxidation sites excluding steroid dienone is 2. The third kappa shape index (κ3) is 3.96. The second kappa shape index (κ2) is 8.78. The van der Waals surface area contributed by atoms with E-state index in [0.717, 1.165) is 20.4 Å². The molecule has 2 unspecified atom stereocenters. The fourth-order valence-electron chi connectivity index (χ4n) is 3.75. The molecule has 5 nitrogen and oxygen atoms in total. The maximum absolute atomic E-state index is 13.2. The Kier molecular flexibility index (Phi) is 6.11. The number of ketones is 1. The zero-order valence-electron chi connectivity index (χ0n) is 16.5. The molecule has 30 heavy (non-hydrogen) atoms. The van der Waals surface area contributed by atoms with Gasteiger partial charge in [0.2, 0.25) is 0 Å². The van der Waals surface area contributed by atoms with Crippen LogP contribution >= 0.6 is 31.9 Å². The van der Waals surface area contributed by atoms with Crippen molar-refractivity contribution in [3.8, 4) is 11.5 Å². The average Bonchev–Trinajstić information content (AvgIpc) is 2.78. The van der Waals surface area contributed by atoms with Gasteiger partial charge in [-0.15, -0.1) is 0 Å². The van der Waals surface area contributed by atoms with Crippen LogP contribution in [0.4, 0.5) is 0 Å². The summed E-state index contributed by atoms with van der Waals surface area (Å²) in [5, 5.41) is 0. The number of Topliss-reactive ketones (excluding diaryl/α,β-unsaturated/α-hetero) is 1. The molecule has 0 aliphatic carbocycles. The van der Waals surface area contributed by atoms with E-state index in [9.17, 15) is 4.79 Å². The molecule has 0 saturated heterocycles. The van der Waals surface area contributed by atoms with Crippen LogP contribution in [0, 0.1) is 0 Å². The molecule has 4 rings (SSSR count). The Balaban J connectivity index is 1.77. The molecule has 2 aliphatic rings. The first-order chi connectivity index (χ1) is 14.5. The summed E-state index contributed by atoms with van der Waals surface area (Å²) in [5.41, 5.74) is 1.68. The van der Waals surface area contributed by atoms with Crippen molar-refractivity contribution in [1.29, 1.82) is 0 Å². The summed E-state index contributed by atoms with van der Waals surface area (Å²) < 4.78 is 12.6. The number of benzene rings is 2. The lowest BCUT2D eigenvalue weighted by atomic mass is 9.91. The van der Waals surface area contributed by atoms with E-state index in [4.69, 9.17) is 14.5 Å². The molecule has 2 heterocycles. The van der Waals surface area contributed by atoms with Gasteiger partial charge in [0.15, 0.2) is 17.3 Å². The quantitative estimate of drug-likeness (QED) is 0.469. The highest BCUT2D eigenvalue weighted by Crippen LogP contribution is 2.41. The first-order valence-corrected chi connectivity index (χ1v) is 11.0. The van der Waals surface area contributed by atoms with Crippen molar-refractivity contribution in [3.63, 3.8) is 0 Å². The van der Waals surface area contributed by atoms with E-state index < -0.39 is 6.04 Å². The maximum Gasteiger partial charge on any atom is 0.187 e. The Morgan fingerprint density at radius 1 is 1.07 bits per heavy atom. The number of aliphatic imine (C=N–C) groups is 1. The van der Waals surface area contributed by atoms with Crippen molar-refractivity contribution < 1.29 is 14.3 Å². The topological polar surface area (TPSA) is 51.1 Å². The lowest BCUT2D eigenvalue weighted by Gasteiger charge is -2.39. The van der Waals surface area contributed by atoms with E-state index >= 15 is 0 Å². The van der Waals surface area contributed by atoms with Gasteiger partial charge in [-0.3, -0.25) is 9.79 Å². The summed E-state index contributed by atoms with van der Waals surface area (Å²) in [6.45, 7) is 0. The zero-order chi connectivity index (χ0) is 21.3. The highest BCUT2D eigenvalue weighted by Gasteiger charge is 2.37. The first kappa shape index (κ1) is 20.9. The van der Waals surface area contributed by atoms with Gasteiger partial charge >= 0.3 is 0 Å². The van der Waals surface area contributed by atoms with Crippen molar-refractivity contribution in [2.24, 2.45) is 4.99 Å². The van der Waals surface area contributed by atoms with Crippen LogP contribution in [0.5, 0.6) is 11.5 Å². The molecule has 154 valence electrons. The molecule has 2 atom stereocenters. The Morgan fingerprint density at radius 2 is 1.80 bits per heavy atom. The first-order valence-electron chi connectivity index (χ1n) is 9.44. The molecule has 2 aliphatic heterocycles. The monoisotopic (exact) mass is 530 g/mol. The Hall–Kier alpha value is -2.38. The lowest BCUT2D eigenvalue weighted by molar-refractivity contribution is 0.0941. The van der Waals surface area contributed by atoms with Crippen molar-refractivity contribution >= 4 is 43.5 Å². The van der Waals surface area contributed by atoms with Crippen LogP contribution in [0.15, 0.2) is 74.8 Å². The second-order valence-electron chi connectivity index (χ2n) is 6.98. The summed E-state index contributed by atoms with van der Waals surface area (Å²) in [6.07, 6.45) is 4.48. The van der Waals surface area contributed by atoms with Gasteiger partial charge in [0.25, 0.3) is 0 Å². The molecule has 2 aromatic carbocycles. The summed E-state index contributed by atoms with van der Waals surface area (Å²) in [5.74, 6) is 2.07. The van der Waals surface area contributed by atoms with Crippen molar-refractivity contribution in [3.05, 3.63) is 80.9 Å². The van der Waals surface area contributed by atoms with Crippen LogP contribution in [0.3, 0.4) is 0 Å². The van der Waals surface area contributed by atoms with E-state index in [1.54, 1.807) is 14.2 Å². The number of ether oxygens (including phenoxy) is 2. The van der Waals surface area contributed by atoms with Gasteiger partial charge in [-0.05, 0) is 55.6 Å². The predicted molar refractivity (Wildman–Crippen MR) is 125 cm³/mol. The molecule has 0 amide bonds. The average molecular weight is 532 g/mol. The maximum atomic E-state index is 13.2. The van der Waals surface area contributed by atoms with Gasteiger partial charge in [0.05, 0.1) is 24.7 Å². The largest absolute Gasteiger partial charge is 0.493 e. The summed E-state index contributed by atoms with van der Waals surface area (Å²) in [4.78, 5) is 20.1. The zero-order valence-corrected chi connectivity index (χ0v) is 19.7. The minimum atomic E-state index is -0.483. The van der Waals surface area contributed by atoms with Gasteiger partial charge < -0.3 is 14.4 Å². The number of methoxy groups -OCH3 is 2. The summed E-state index contributed by atoms with van der Waals surface area (Å²) >= 11 is 7.19. The standard InChI is InChI=1S/C23H20Br2N2O3/c1-29-20-9-8-15(10-21(20)30-2)19-12-18(22(28)14-6-4-3-5-7-14)26-23-17(25)11-16(24)13-27(19)23/h3-11,13,18-19H,12H2,1-2H3. The Labute approximate surface area is 192 Å². The van der Waals surface area contributed by atoms with Gasteiger partial charge in [-0.25, -0.2) is 0 Å². The number of hydrogen-bond acceptors (Lipinski definition) is 5. The number of amidine groups is 1. The number of rotatable bonds is 5. The number of nitrogens with zero attached hydrogens (tertiary/aromatic N) is 2. The van der Waals surface area contributed by atoms with Crippen LogP contribution < -0.4 is 9.47 Å². The van der Waals surface area contributed by atoms with E-state index in [2.05, 4.69) is 36.8 Å². The van der Waals surface area contributed by atoms with Crippen LogP contribution in [0.1, 0.15) is 28.4 Å². The van der Waals surface area contributed by atoms with Crippen LogP contribution in [0.25, 0.3) is 0 Å². The van der Waals surface area contributed by atoms with Crippen molar-refractivity contribution in [2.75, 3.05) is 14.2 Å². The van der Waals surface area contributed by atoms with Gasteiger partial charge in [0, 0.05) is 22.7 Å². The number of fused-ring (bicyclic) bond motifs is 1. The fraction of sp³-hybridized carbons (Fsp3) is 0.217. The van der Waals surface area contributed by atoms with Crippen molar-refractivity contribution in [2.45, 2.75) is 18.5 Å². The highest BCUT2D eigenvalue weighted by molar-refractivity contribution is 9.12. The molecular weight excluding hydrogens is 512 g/mol. The SMILES string of the molecule is COc1ccc(C2CC(C(=O)c3ccccc3)N=C3C(Br)=CC(Br)=CN32)cc1OC. The number of halogens is 2. The molecule has 0 aromatic heterocycles. The predicted octanol–water partition coefficient (Wildman–Crippen LogP) is 5.63. The van der Waals surface area contributed by atoms with E-state index in [1.807, 2.05) is 60.8 Å². The number of carbonyl (C=O) groups excluding carboxylic acids is 1. The summed E-state index contributed by atoms with van der Waals surface area (Å²) in [6, 6.07) is 14.6. The lowest BCUT2D eigenvalue weighted by Crippen LogP contribution is -2.41. The normalized spacial score (nSPS) is 20.5. The Bertz CT molecular complexity index is 1060. The third-order valence-corrected chi connectivity index (χ3v) is 6.22. The molecule has 7 heteroatoms. The molecule has 0 fully saturated rings. The van der Waals surface area contributed by atoms with Crippen LogP contribution in [-0.2, 0) is 0 Å². The van der Waals surface area contributed by atoms with Gasteiger partial charge in [0.1, 0.15) is 11.9 Å². The molecular formula is C23H20Br2N2O3. The molecule has 0 radical (unpaired) electrons. The van der Waals surface area contributed by atoms with Crippen LogP contribution in [-0.4, -0.2) is 36.8 Å². The van der Waals surface area contributed by atoms with Crippen LogP contribution in [0.2, 0.25) is 0 Å². The summed E-state index contributed by atoms with van der Waals surface area (Å²) in [7, 11) is 3.23. The van der Waals surface area contributed by atoms with Gasteiger partial charge in [-0.1, -0.05) is 36.4 Å². The van der Waals surface area contributed by atoms with Gasteiger partial charge in [-0.2, -0.15) is 0 Å². The second-order valence-corrected chi connectivity index (χ2v) is 8.75. The number of carbonyl (C=O) groups is 1. The number of hydrogen-bond donors (Lipinski definition) is 0. The molecule has 0 spiro atoms. The third-order valence-electron chi connectivity index (χ3n) is 5.20. The minimum absolute atomic E-state index is 0.0159.